The Morgan fingerprint density at radius 2 is 1.69 bits per heavy atom. The number of ether oxygens (including phenoxy) is 2. The van der Waals surface area contributed by atoms with Gasteiger partial charge in [0.1, 0.15) is 35.0 Å². The van der Waals surface area contributed by atoms with Gasteiger partial charge >= 0.3 is 12.2 Å². The average Bonchev–Trinajstić information content (AvgIpc) is 3.21. The Kier molecular flexibility index (Phi) is 8.41. The molecule has 8 nitrogen and oxygen atoms in total. The number of rotatable bonds is 6. The van der Waals surface area contributed by atoms with Crippen LogP contribution in [0.5, 0.6) is 11.5 Å². The molecule has 1 aliphatic carbocycles. The fraction of sp³-hybridized carbons (Fsp3) is 0.406. The highest BCUT2D eigenvalue weighted by atomic mass is 19.4. The first kappa shape index (κ1) is 32.0. The minimum absolute atomic E-state index is 0.133. The summed E-state index contributed by atoms with van der Waals surface area (Å²) in [5.41, 5.74) is -0.278. The highest BCUT2D eigenvalue weighted by Gasteiger charge is 2.52. The van der Waals surface area contributed by atoms with Crippen molar-refractivity contribution >= 4 is 17.8 Å². The fourth-order valence-electron chi connectivity index (χ4n) is 6.58. The van der Waals surface area contributed by atoms with Gasteiger partial charge in [-0.15, -0.1) is 0 Å². The summed E-state index contributed by atoms with van der Waals surface area (Å²) >= 11 is 0. The van der Waals surface area contributed by atoms with E-state index in [0.717, 1.165) is 46.5 Å². The van der Waals surface area contributed by atoms with Crippen LogP contribution in [0.2, 0.25) is 0 Å². The fourth-order valence-corrected chi connectivity index (χ4v) is 6.58. The molecule has 0 radical (unpaired) electrons. The first-order chi connectivity index (χ1) is 21.2. The molecule has 1 unspecified atom stereocenters. The predicted octanol–water partition coefficient (Wildman–Crippen LogP) is 5.88. The number of fused-ring (bicyclic) bond motifs is 1. The highest BCUT2D eigenvalue weighted by Crippen LogP contribution is 2.44. The zero-order valence-corrected chi connectivity index (χ0v) is 25.3. The molecule has 13 heteroatoms. The Hall–Kier alpha value is -4.42. The third-order valence-corrected chi connectivity index (χ3v) is 8.90. The minimum atomic E-state index is -4.88. The van der Waals surface area contributed by atoms with Crippen LogP contribution in [-0.2, 0) is 22.8 Å². The number of anilines is 1. The van der Waals surface area contributed by atoms with Gasteiger partial charge in [0, 0.05) is 47.3 Å². The van der Waals surface area contributed by atoms with Gasteiger partial charge in [0.2, 0.25) is 0 Å². The molecule has 2 N–H and O–H groups in total. The molecule has 4 atom stereocenters. The second-order valence-electron chi connectivity index (χ2n) is 11.8. The normalized spacial score (nSPS) is 22.5. The zero-order chi connectivity index (χ0) is 32.8. The molecule has 0 spiro atoms. The second-order valence-corrected chi connectivity index (χ2v) is 11.8. The van der Waals surface area contributed by atoms with Crippen molar-refractivity contribution in [1.82, 2.24) is 15.6 Å². The van der Waals surface area contributed by atoms with Gasteiger partial charge in [0.05, 0.1) is 19.8 Å². The molecule has 2 heterocycles. The lowest BCUT2D eigenvalue weighted by Gasteiger charge is -2.41. The van der Waals surface area contributed by atoms with E-state index in [1.54, 1.807) is 7.11 Å². The van der Waals surface area contributed by atoms with Crippen molar-refractivity contribution in [3.63, 3.8) is 0 Å². The molecule has 0 bridgehead atoms. The van der Waals surface area contributed by atoms with E-state index < -0.39 is 76.2 Å². The Morgan fingerprint density at radius 3 is 2.31 bits per heavy atom. The number of pyridine rings is 1. The van der Waals surface area contributed by atoms with Gasteiger partial charge in [-0.25, -0.2) is 18.6 Å². The van der Waals surface area contributed by atoms with E-state index in [1.165, 1.54) is 14.0 Å². The molecule has 2 aliphatic rings. The molecule has 1 aliphatic heterocycles. The summed E-state index contributed by atoms with van der Waals surface area (Å²) in [4.78, 5) is 32.0. The lowest BCUT2D eigenvalue weighted by atomic mass is 9.69. The minimum Gasteiger partial charge on any atom is -0.497 e. The number of carbonyl (C=O) groups is 2. The molecule has 1 saturated heterocycles. The SMILES string of the molecule is COc1cc(F)c([C@H]2[C@H](NC(=O)NC3CCc4cc(OC)ccc4C3(C)C)C(=O)N(c3ncccc3C(F)(F)F)[C@H]2C)c(F)c1. The first-order valence-corrected chi connectivity index (χ1v) is 14.3. The summed E-state index contributed by atoms with van der Waals surface area (Å²) < 4.78 is 83.1. The van der Waals surface area contributed by atoms with Gasteiger partial charge in [-0.1, -0.05) is 19.9 Å². The maximum absolute atomic E-state index is 15.4. The number of methoxy groups -OCH3 is 2. The molecule has 45 heavy (non-hydrogen) atoms. The van der Waals surface area contributed by atoms with Crippen molar-refractivity contribution in [1.29, 1.82) is 0 Å². The number of nitrogens with one attached hydrogen (secondary N) is 2. The molecule has 1 fully saturated rings. The maximum Gasteiger partial charge on any atom is 0.419 e. The second kappa shape index (κ2) is 11.8. The van der Waals surface area contributed by atoms with Crippen LogP contribution in [0.3, 0.4) is 0 Å². The standard InChI is InChI=1S/C32H33F5N4O4/c1-16-25(26-22(33)14-19(45-5)15-23(26)34)27(29(42)41(16)28-21(32(35,36)37)7-6-12-38-28)40-30(43)39-24-11-8-17-13-18(44-4)9-10-20(17)31(24,2)3/h6-7,9-10,12-16,24-25,27H,8,11H2,1-5H3,(H2,39,40,43)/t16-,24?,25-,27-/m0/s1. The van der Waals surface area contributed by atoms with Gasteiger partial charge in [-0.2, -0.15) is 13.2 Å². The van der Waals surface area contributed by atoms with Crippen LogP contribution >= 0.6 is 0 Å². The maximum atomic E-state index is 15.4. The number of alkyl halides is 3. The molecule has 240 valence electrons. The highest BCUT2D eigenvalue weighted by molar-refractivity contribution is 6.03. The van der Waals surface area contributed by atoms with Crippen LogP contribution < -0.4 is 25.0 Å². The van der Waals surface area contributed by atoms with Crippen molar-refractivity contribution in [2.45, 2.75) is 69.2 Å². The van der Waals surface area contributed by atoms with Gasteiger partial charge in [0.25, 0.3) is 5.91 Å². The molecule has 0 saturated carbocycles. The van der Waals surface area contributed by atoms with Crippen LogP contribution in [0.25, 0.3) is 0 Å². The van der Waals surface area contributed by atoms with Crippen LogP contribution in [0.15, 0.2) is 48.7 Å². The van der Waals surface area contributed by atoms with E-state index in [0.29, 0.717) is 18.6 Å². The average molecular weight is 633 g/mol. The van der Waals surface area contributed by atoms with E-state index in [2.05, 4.69) is 15.6 Å². The molecular weight excluding hydrogens is 599 g/mol. The van der Waals surface area contributed by atoms with Gasteiger partial charge < -0.3 is 20.1 Å². The van der Waals surface area contributed by atoms with E-state index in [-0.39, 0.29) is 5.75 Å². The summed E-state index contributed by atoms with van der Waals surface area (Å²) in [6.45, 7) is 5.27. The first-order valence-electron chi connectivity index (χ1n) is 14.3. The third-order valence-electron chi connectivity index (χ3n) is 8.90. The quantitative estimate of drug-likeness (QED) is 0.332. The number of nitrogens with zero attached hydrogens (tertiary/aromatic N) is 2. The van der Waals surface area contributed by atoms with E-state index in [9.17, 15) is 22.8 Å². The number of aromatic nitrogens is 1. The number of benzene rings is 2. The topological polar surface area (TPSA) is 92.8 Å². The van der Waals surface area contributed by atoms with Crippen molar-refractivity contribution in [2.75, 3.05) is 19.1 Å². The molecule has 3 aromatic rings. The smallest absolute Gasteiger partial charge is 0.419 e. The van der Waals surface area contributed by atoms with Crippen LogP contribution in [-0.4, -0.2) is 49.3 Å². The van der Waals surface area contributed by atoms with Crippen molar-refractivity contribution in [3.05, 3.63) is 82.5 Å². The lowest BCUT2D eigenvalue weighted by Crippen LogP contribution is -2.56. The van der Waals surface area contributed by atoms with E-state index >= 15 is 8.78 Å². The number of urea groups is 1. The third kappa shape index (κ3) is 5.75. The lowest BCUT2D eigenvalue weighted by molar-refractivity contribution is -0.137. The van der Waals surface area contributed by atoms with Crippen LogP contribution in [0, 0.1) is 11.6 Å². The van der Waals surface area contributed by atoms with Crippen molar-refractivity contribution < 1.29 is 41.0 Å². The molecule has 2 aromatic carbocycles. The molecular formula is C32H33F5N4O4. The van der Waals surface area contributed by atoms with Crippen molar-refractivity contribution in [2.24, 2.45) is 0 Å². The summed E-state index contributed by atoms with van der Waals surface area (Å²) in [6.07, 6.45) is -2.64. The largest absolute Gasteiger partial charge is 0.497 e. The van der Waals surface area contributed by atoms with Crippen LogP contribution in [0.1, 0.15) is 55.4 Å². The number of aryl methyl sites for hydroxylation is 1. The zero-order valence-electron chi connectivity index (χ0n) is 25.3. The number of hydrogen-bond donors (Lipinski definition) is 2. The molecule has 3 amide bonds. The number of halogens is 5. The Morgan fingerprint density at radius 1 is 1.02 bits per heavy atom. The van der Waals surface area contributed by atoms with E-state index in [4.69, 9.17) is 9.47 Å². The van der Waals surface area contributed by atoms with E-state index in [1.807, 2.05) is 32.0 Å². The number of hydrogen-bond acceptors (Lipinski definition) is 5. The Bertz CT molecular complexity index is 1610. The predicted molar refractivity (Wildman–Crippen MR) is 155 cm³/mol. The van der Waals surface area contributed by atoms with Gasteiger partial charge in [-0.3, -0.25) is 9.69 Å². The molecule has 5 rings (SSSR count). The summed E-state index contributed by atoms with van der Waals surface area (Å²) in [6, 6.07) is 5.24. The Labute approximate surface area is 256 Å². The summed E-state index contributed by atoms with van der Waals surface area (Å²) in [7, 11) is 2.79. The van der Waals surface area contributed by atoms with Crippen molar-refractivity contribution in [3.8, 4) is 11.5 Å². The number of carbonyl (C=O) groups excluding carboxylic acids is 2. The summed E-state index contributed by atoms with van der Waals surface area (Å²) in [5.74, 6) is -4.74. The van der Waals surface area contributed by atoms with Gasteiger partial charge in [0.15, 0.2) is 0 Å². The Balaban J connectivity index is 1.50. The van der Waals surface area contributed by atoms with Gasteiger partial charge in [-0.05, 0) is 55.2 Å². The molecule has 1 aromatic heterocycles. The van der Waals surface area contributed by atoms with Crippen LogP contribution in [0.4, 0.5) is 32.6 Å². The number of amides is 3. The summed E-state index contributed by atoms with van der Waals surface area (Å²) in [5, 5.41) is 5.44. The monoisotopic (exact) mass is 632 g/mol.